The third kappa shape index (κ3) is 5.83. The van der Waals surface area contributed by atoms with E-state index < -0.39 is 10.0 Å². The van der Waals surface area contributed by atoms with E-state index in [0.717, 1.165) is 12.0 Å². The third-order valence-corrected chi connectivity index (χ3v) is 5.64. The summed E-state index contributed by atoms with van der Waals surface area (Å²) in [6.45, 7) is 4.68. The van der Waals surface area contributed by atoms with Crippen molar-refractivity contribution in [2.24, 2.45) is 5.92 Å². The van der Waals surface area contributed by atoms with E-state index in [9.17, 15) is 13.2 Å². The van der Waals surface area contributed by atoms with Crippen molar-refractivity contribution in [1.29, 1.82) is 0 Å². The second kappa shape index (κ2) is 9.16. The molecule has 5 nitrogen and oxygen atoms in total. The first-order valence-electron chi connectivity index (χ1n) is 8.41. The number of hydrogen-bond donors (Lipinski definition) is 2. The number of halogens is 1. The van der Waals surface area contributed by atoms with Gasteiger partial charge >= 0.3 is 0 Å². The minimum Gasteiger partial charge on any atom is -0.348 e. The number of rotatable bonds is 8. The summed E-state index contributed by atoms with van der Waals surface area (Å²) < 4.78 is 27.3. The highest BCUT2D eigenvalue weighted by Crippen LogP contribution is 2.15. The molecule has 0 unspecified atom stereocenters. The second-order valence-electron chi connectivity index (χ2n) is 6.38. The first-order valence-corrected chi connectivity index (χ1v) is 10.3. The summed E-state index contributed by atoms with van der Waals surface area (Å²) in [4.78, 5) is 12.4. The summed E-state index contributed by atoms with van der Waals surface area (Å²) >= 11 is 6.07. The Kier molecular flexibility index (Phi) is 7.20. The Morgan fingerprint density at radius 3 is 2.54 bits per heavy atom. The maximum absolute atomic E-state index is 12.4. The molecule has 0 saturated carbocycles. The molecule has 2 aromatic carbocycles. The van der Waals surface area contributed by atoms with Gasteiger partial charge in [0.25, 0.3) is 5.91 Å². The second-order valence-corrected chi connectivity index (χ2v) is 8.56. The molecule has 2 rings (SSSR count). The molecule has 0 atom stereocenters. The van der Waals surface area contributed by atoms with E-state index in [-0.39, 0.29) is 22.9 Å². The molecule has 0 aromatic heterocycles. The summed E-state index contributed by atoms with van der Waals surface area (Å²) in [6.07, 6.45) is 0.747. The number of carbonyl (C=O) groups excluding carboxylic acids is 1. The normalized spacial score (nSPS) is 11.5. The van der Waals surface area contributed by atoms with Crippen LogP contribution in [0.2, 0.25) is 5.02 Å². The van der Waals surface area contributed by atoms with Crippen LogP contribution in [0.25, 0.3) is 0 Å². The topological polar surface area (TPSA) is 75.3 Å². The van der Waals surface area contributed by atoms with Crippen molar-refractivity contribution in [3.05, 3.63) is 64.7 Å². The molecule has 26 heavy (non-hydrogen) atoms. The van der Waals surface area contributed by atoms with Gasteiger partial charge in [-0.1, -0.05) is 49.7 Å². The number of sulfonamides is 1. The van der Waals surface area contributed by atoms with Crippen molar-refractivity contribution < 1.29 is 13.2 Å². The molecule has 140 valence electrons. The fourth-order valence-electron chi connectivity index (χ4n) is 2.29. The molecule has 0 heterocycles. The van der Waals surface area contributed by atoms with Crippen LogP contribution in [0.1, 0.15) is 36.2 Å². The number of hydrogen-bond acceptors (Lipinski definition) is 3. The van der Waals surface area contributed by atoms with Crippen molar-refractivity contribution in [2.45, 2.75) is 31.7 Å². The lowest BCUT2D eigenvalue weighted by Crippen LogP contribution is -2.27. The van der Waals surface area contributed by atoms with E-state index in [1.807, 2.05) is 32.0 Å². The van der Waals surface area contributed by atoms with Gasteiger partial charge in [-0.15, -0.1) is 0 Å². The lowest BCUT2D eigenvalue weighted by atomic mass is 10.1. The molecule has 0 fully saturated rings. The van der Waals surface area contributed by atoms with Crippen LogP contribution in [0, 0.1) is 5.92 Å². The zero-order valence-corrected chi connectivity index (χ0v) is 16.4. The fraction of sp³-hybridized carbons (Fsp3) is 0.316. The smallest absolute Gasteiger partial charge is 0.251 e. The highest BCUT2D eigenvalue weighted by Gasteiger charge is 2.16. The number of carbonyl (C=O) groups is 1. The van der Waals surface area contributed by atoms with Crippen molar-refractivity contribution in [3.63, 3.8) is 0 Å². The zero-order valence-electron chi connectivity index (χ0n) is 14.8. The molecule has 7 heteroatoms. The lowest BCUT2D eigenvalue weighted by Gasteiger charge is -2.10. The molecule has 0 aliphatic carbocycles. The molecular weight excluding hydrogens is 372 g/mol. The molecule has 0 radical (unpaired) electrons. The minimum absolute atomic E-state index is 0.0756. The van der Waals surface area contributed by atoms with Crippen LogP contribution in [0.4, 0.5) is 0 Å². The Morgan fingerprint density at radius 2 is 1.85 bits per heavy atom. The van der Waals surface area contributed by atoms with E-state index in [1.165, 1.54) is 12.1 Å². The van der Waals surface area contributed by atoms with Crippen LogP contribution in [0.5, 0.6) is 0 Å². The van der Waals surface area contributed by atoms with Crippen molar-refractivity contribution >= 4 is 27.5 Å². The van der Waals surface area contributed by atoms with Gasteiger partial charge in [-0.3, -0.25) is 4.79 Å². The molecule has 0 spiro atoms. The summed E-state index contributed by atoms with van der Waals surface area (Å²) in [6, 6.07) is 13.2. The highest BCUT2D eigenvalue weighted by molar-refractivity contribution is 7.89. The van der Waals surface area contributed by atoms with Gasteiger partial charge in [-0.05, 0) is 42.2 Å². The summed E-state index contributed by atoms with van der Waals surface area (Å²) in [5, 5.41) is 3.32. The van der Waals surface area contributed by atoms with E-state index >= 15 is 0 Å². The van der Waals surface area contributed by atoms with Gasteiger partial charge in [0.2, 0.25) is 10.0 Å². The molecular formula is C19H23ClN2O3S. The largest absolute Gasteiger partial charge is 0.348 e. The van der Waals surface area contributed by atoms with E-state index in [2.05, 4.69) is 10.0 Å². The number of benzene rings is 2. The Morgan fingerprint density at radius 1 is 1.12 bits per heavy atom. The predicted molar refractivity (Wildman–Crippen MR) is 104 cm³/mol. The van der Waals surface area contributed by atoms with Crippen LogP contribution in [0.15, 0.2) is 53.4 Å². The van der Waals surface area contributed by atoms with E-state index in [1.54, 1.807) is 18.2 Å². The Bertz CT molecular complexity index is 867. The summed E-state index contributed by atoms with van der Waals surface area (Å²) in [5.74, 6) is 0.0452. The van der Waals surface area contributed by atoms with Crippen molar-refractivity contribution in [2.75, 3.05) is 6.54 Å². The van der Waals surface area contributed by atoms with Crippen LogP contribution in [0.3, 0.4) is 0 Å². The van der Waals surface area contributed by atoms with Gasteiger partial charge in [-0.25, -0.2) is 13.1 Å². The highest BCUT2D eigenvalue weighted by atomic mass is 35.5. The maximum Gasteiger partial charge on any atom is 0.251 e. The van der Waals surface area contributed by atoms with Crippen LogP contribution in [-0.4, -0.2) is 20.9 Å². The average molecular weight is 395 g/mol. The van der Waals surface area contributed by atoms with Gasteiger partial charge in [0, 0.05) is 23.7 Å². The van der Waals surface area contributed by atoms with Crippen molar-refractivity contribution in [3.8, 4) is 0 Å². The first kappa shape index (κ1) is 20.4. The third-order valence-electron chi connectivity index (χ3n) is 3.82. The molecule has 2 N–H and O–H groups in total. The van der Waals surface area contributed by atoms with E-state index in [4.69, 9.17) is 11.6 Å². The quantitative estimate of drug-likeness (QED) is 0.718. The SMILES string of the molecule is CC(C)CCNS(=O)(=O)c1cccc(C(=O)NCc2ccccc2Cl)c1. The Labute approximate surface area is 159 Å². The number of nitrogens with one attached hydrogen (secondary N) is 2. The molecule has 1 amide bonds. The molecule has 0 bridgehead atoms. The zero-order chi connectivity index (χ0) is 19.2. The average Bonchev–Trinajstić information content (AvgIpc) is 2.60. The van der Waals surface area contributed by atoms with Gasteiger partial charge in [-0.2, -0.15) is 0 Å². The van der Waals surface area contributed by atoms with Crippen molar-refractivity contribution in [1.82, 2.24) is 10.0 Å². The van der Waals surface area contributed by atoms with E-state index in [0.29, 0.717) is 17.5 Å². The minimum atomic E-state index is -3.64. The standard InChI is InChI=1S/C19H23ClN2O3S/c1-14(2)10-11-22-26(24,25)17-8-5-7-15(12-17)19(23)21-13-16-6-3-4-9-18(16)20/h3-9,12,14,22H,10-11,13H2,1-2H3,(H,21,23). The molecule has 0 saturated heterocycles. The Balaban J connectivity index is 2.05. The van der Waals surface area contributed by atoms with Gasteiger partial charge in [0.1, 0.15) is 0 Å². The Hall–Kier alpha value is -1.89. The summed E-state index contributed by atoms with van der Waals surface area (Å²) in [7, 11) is -3.64. The molecule has 0 aliphatic heterocycles. The fourth-order valence-corrected chi connectivity index (χ4v) is 3.58. The van der Waals surface area contributed by atoms with Crippen LogP contribution >= 0.6 is 11.6 Å². The van der Waals surface area contributed by atoms with Gasteiger partial charge in [0.15, 0.2) is 0 Å². The predicted octanol–water partition coefficient (Wildman–Crippen LogP) is 3.59. The first-order chi connectivity index (χ1) is 12.3. The lowest BCUT2D eigenvalue weighted by molar-refractivity contribution is 0.0950. The van der Waals surface area contributed by atoms with Gasteiger partial charge in [0.05, 0.1) is 4.90 Å². The van der Waals surface area contributed by atoms with Gasteiger partial charge < -0.3 is 5.32 Å². The molecule has 2 aromatic rings. The maximum atomic E-state index is 12.4. The number of amides is 1. The molecule has 0 aliphatic rings. The van der Waals surface area contributed by atoms with Crippen LogP contribution < -0.4 is 10.0 Å². The monoisotopic (exact) mass is 394 g/mol. The van der Waals surface area contributed by atoms with Crippen LogP contribution in [-0.2, 0) is 16.6 Å². The summed E-state index contributed by atoms with van der Waals surface area (Å²) in [5.41, 5.74) is 1.07.